The van der Waals surface area contributed by atoms with Crippen molar-refractivity contribution in [3.05, 3.63) is 53.9 Å². The van der Waals surface area contributed by atoms with Crippen molar-refractivity contribution in [2.75, 3.05) is 26.8 Å². The van der Waals surface area contributed by atoms with Crippen LogP contribution in [0.15, 0.2) is 42.6 Å². The molecule has 1 aromatic carbocycles. The molecule has 0 amide bonds. The van der Waals surface area contributed by atoms with Crippen LogP contribution in [0.4, 0.5) is 0 Å². The lowest BCUT2D eigenvalue weighted by Gasteiger charge is -2.17. The van der Waals surface area contributed by atoms with Gasteiger partial charge in [0.2, 0.25) is 0 Å². The van der Waals surface area contributed by atoms with Crippen molar-refractivity contribution in [3.8, 4) is 0 Å². The average molecular weight is 287 g/mol. The number of nitrogens with one attached hydrogen (secondary N) is 1. The fourth-order valence-electron chi connectivity index (χ4n) is 2.51. The van der Waals surface area contributed by atoms with Crippen molar-refractivity contribution in [2.24, 2.45) is 13.0 Å². The summed E-state index contributed by atoms with van der Waals surface area (Å²) in [4.78, 5) is 0. The number of hydrogen-bond acceptors (Lipinski definition) is 3. The molecule has 0 bridgehead atoms. The normalized spacial score (nSPS) is 12.5. The lowest BCUT2D eigenvalue weighted by Crippen LogP contribution is -2.28. The Morgan fingerprint density at radius 3 is 2.67 bits per heavy atom. The number of nitrogens with zero attached hydrogens (tertiary/aromatic N) is 2. The third-order valence-corrected chi connectivity index (χ3v) is 3.55. The summed E-state index contributed by atoms with van der Waals surface area (Å²) in [6, 6.07) is 12.8. The first kappa shape index (κ1) is 15.7. The maximum Gasteiger partial charge on any atom is 0.0627 e. The van der Waals surface area contributed by atoms with Gasteiger partial charge < -0.3 is 10.1 Å². The smallest absolute Gasteiger partial charge is 0.0627 e. The maximum atomic E-state index is 5.09. The van der Waals surface area contributed by atoms with Gasteiger partial charge in [-0.2, -0.15) is 5.10 Å². The molecule has 0 radical (unpaired) electrons. The molecule has 1 atom stereocenters. The number of hydrogen-bond donors (Lipinski definition) is 1. The molecule has 1 N–H and O–H groups in total. The summed E-state index contributed by atoms with van der Waals surface area (Å²) >= 11 is 0. The standard InChI is InChI=1S/C17H25N3O/c1-20-10-8-17(19-20)13-16(14-18-9-11-21-2)12-15-6-4-3-5-7-15/h3-8,10,16,18H,9,11-14H2,1-2H3. The molecule has 0 aliphatic rings. The summed E-state index contributed by atoms with van der Waals surface area (Å²) in [5.74, 6) is 0.541. The van der Waals surface area contributed by atoms with E-state index < -0.39 is 0 Å². The summed E-state index contributed by atoms with van der Waals surface area (Å²) in [7, 11) is 3.70. The van der Waals surface area contributed by atoms with Gasteiger partial charge in [-0.25, -0.2) is 0 Å². The minimum absolute atomic E-state index is 0.541. The average Bonchev–Trinajstić information content (AvgIpc) is 2.90. The molecule has 0 aliphatic heterocycles. The molecule has 2 aromatic rings. The Bertz CT molecular complexity index is 510. The van der Waals surface area contributed by atoms with E-state index in [0.29, 0.717) is 5.92 Å². The van der Waals surface area contributed by atoms with Gasteiger partial charge >= 0.3 is 0 Å². The van der Waals surface area contributed by atoms with Crippen molar-refractivity contribution in [2.45, 2.75) is 12.8 Å². The Labute approximate surface area is 127 Å². The molecule has 21 heavy (non-hydrogen) atoms. The van der Waals surface area contributed by atoms with Crippen LogP contribution in [0.1, 0.15) is 11.3 Å². The summed E-state index contributed by atoms with van der Waals surface area (Å²) in [5, 5.41) is 7.97. The predicted molar refractivity (Wildman–Crippen MR) is 85.3 cm³/mol. The van der Waals surface area contributed by atoms with Crippen LogP contribution in [0.2, 0.25) is 0 Å². The molecule has 114 valence electrons. The lowest BCUT2D eigenvalue weighted by atomic mass is 9.94. The first-order valence-corrected chi connectivity index (χ1v) is 7.50. The highest BCUT2D eigenvalue weighted by atomic mass is 16.5. The molecule has 0 saturated heterocycles. The molecule has 0 aliphatic carbocycles. The van der Waals surface area contributed by atoms with Gasteiger partial charge in [-0.3, -0.25) is 4.68 Å². The van der Waals surface area contributed by atoms with E-state index in [9.17, 15) is 0 Å². The minimum Gasteiger partial charge on any atom is -0.383 e. The van der Waals surface area contributed by atoms with Gasteiger partial charge in [0.15, 0.2) is 0 Å². The Morgan fingerprint density at radius 1 is 1.19 bits per heavy atom. The van der Waals surface area contributed by atoms with Gasteiger partial charge in [0.05, 0.1) is 12.3 Å². The largest absolute Gasteiger partial charge is 0.383 e. The summed E-state index contributed by atoms with van der Waals surface area (Å²) in [6.45, 7) is 2.63. The highest BCUT2D eigenvalue weighted by Gasteiger charge is 2.12. The van der Waals surface area contributed by atoms with Gasteiger partial charge in [0.1, 0.15) is 0 Å². The quantitative estimate of drug-likeness (QED) is 0.718. The van der Waals surface area contributed by atoms with Crippen LogP contribution in [0.5, 0.6) is 0 Å². The van der Waals surface area contributed by atoms with Crippen LogP contribution in [-0.4, -0.2) is 36.6 Å². The zero-order valence-electron chi connectivity index (χ0n) is 13.0. The molecule has 1 unspecified atom stereocenters. The van der Waals surface area contributed by atoms with Crippen LogP contribution < -0.4 is 5.32 Å². The molecular formula is C17H25N3O. The number of methoxy groups -OCH3 is 1. The van der Waals surface area contributed by atoms with Gasteiger partial charge in [0, 0.05) is 26.9 Å². The van der Waals surface area contributed by atoms with Crippen LogP contribution in [-0.2, 0) is 24.6 Å². The van der Waals surface area contributed by atoms with E-state index in [0.717, 1.165) is 38.2 Å². The molecule has 0 spiro atoms. The van der Waals surface area contributed by atoms with E-state index in [1.807, 2.05) is 17.9 Å². The second kappa shape index (κ2) is 8.60. The van der Waals surface area contributed by atoms with E-state index in [1.165, 1.54) is 5.56 Å². The third-order valence-electron chi connectivity index (χ3n) is 3.55. The van der Waals surface area contributed by atoms with Crippen molar-refractivity contribution in [3.63, 3.8) is 0 Å². The van der Waals surface area contributed by atoms with Crippen molar-refractivity contribution in [1.82, 2.24) is 15.1 Å². The highest BCUT2D eigenvalue weighted by molar-refractivity contribution is 5.16. The van der Waals surface area contributed by atoms with E-state index in [1.54, 1.807) is 7.11 Å². The highest BCUT2D eigenvalue weighted by Crippen LogP contribution is 2.13. The zero-order chi connectivity index (χ0) is 14.9. The van der Waals surface area contributed by atoms with Crippen LogP contribution in [0.3, 0.4) is 0 Å². The van der Waals surface area contributed by atoms with Crippen molar-refractivity contribution >= 4 is 0 Å². The van der Waals surface area contributed by atoms with Gasteiger partial charge in [0.25, 0.3) is 0 Å². The molecule has 0 fully saturated rings. The summed E-state index contributed by atoms with van der Waals surface area (Å²) in [5.41, 5.74) is 2.54. The first-order chi connectivity index (χ1) is 10.3. The van der Waals surface area contributed by atoms with Crippen molar-refractivity contribution in [1.29, 1.82) is 0 Å². The van der Waals surface area contributed by atoms with Crippen LogP contribution in [0, 0.1) is 5.92 Å². The van der Waals surface area contributed by atoms with Crippen LogP contribution in [0.25, 0.3) is 0 Å². The van der Waals surface area contributed by atoms with E-state index in [2.05, 4.69) is 46.8 Å². The molecule has 1 heterocycles. The fourth-order valence-corrected chi connectivity index (χ4v) is 2.51. The topological polar surface area (TPSA) is 39.1 Å². The van der Waals surface area contributed by atoms with Crippen LogP contribution >= 0.6 is 0 Å². The third kappa shape index (κ3) is 5.69. The summed E-state index contributed by atoms with van der Waals surface area (Å²) < 4.78 is 6.95. The Kier molecular flexibility index (Phi) is 6.44. The summed E-state index contributed by atoms with van der Waals surface area (Å²) in [6.07, 6.45) is 4.07. The van der Waals surface area contributed by atoms with Gasteiger partial charge in [-0.15, -0.1) is 0 Å². The molecular weight excluding hydrogens is 262 g/mol. The second-order valence-corrected chi connectivity index (χ2v) is 5.44. The van der Waals surface area contributed by atoms with E-state index in [-0.39, 0.29) is 0 Å². The van der Waals surface area contributed by atoms with Gasteiger partial charge in [-0.05, 0) is 36.9 Å². The molecule has 4 nitrogen and oxygen atoms in total. The predicted octanol–water partition coefficient (Wildman–Crippen LogP) is 2.06. The Morgan fingerprint density at radius 2 is 2.00 bits per heavy atom. The first-order valence-electron chi connectivity index (χ1n) is 7.50. The monoisotopic (exact) mass is 287 g/mol. The fraction of sp³-hybridized carbons (Fsp3) is 0.471. The number of rotatable bonds is 9. The Hall–Kier alpha value is -1.65. The molecule has 0 saturated carbocycles. The Balaban J connectivity index is 1.92. The lowest BCUT2D eigenvalue weighted by molar-refractivity contribution is 0.197. The maximum absolute atomic E-state index is 5.09. The number of ether oxygens (including phenoxy) is 1. The second-order valence-electron chi connectivity index (χ2n) is 5.44. The van der Waals surface area contributed by atoms with E-state index in [4.69, 9.17) is 4.74 Å². The SMILES string of the molecule is COCCNCC(Cc1ccccc1)Cc1ccn(C)n1. The number of benzene rings is 1. The van der Waals surface area contributed by atoms with E-state index >= 15 is 0 Å². The van der Waals surface area contributed by atoms with Crippen molar-refractivity contribution < 1.29 is 4.74 Å². The minimum atomic E-state index is 0.541. The van der Waals surface area contributed by atoms with Gasteiger partial charge in [-0.1, -0.05) is 30.3 Å². The molecule has 1 aromatic heterocycles. The molecule has 2 rings (SSSR count). The zero-order valence-corrected chi connectivity index (χ0v) is 13.0. The number of aromatic nitrogens is 2. The molecule has 4 heteroatoms. The number of aryl methyl sites for hydroxylation is 1.